The quantitative estimate of drug-likeness (QED) is 0.773. The SMILES string of the molecule is Cc1cc(Oc2ccc(C#N)cc2Br)ccc1Cl. The molecular weight excluding hydrogens is 314 g/mol. The molecular formula is C14H9BrClNO. The van der Waals surface area contributed by atoms with Crippen LogP contribution in [0, 0.1) is 18.3 Å². The van der Waals surface area contributed by atoms with Gasteiger partial charge >= 0.3 is 0 Å². The van der Waals surface area contributed by atoms with Crippen LogP contribution in [0.2, 0.25) is 5.02 Å². The molecule has 0 aliphatic rings. The van der Waals surface area contributed by atoms with E-state index in [1.165, 1.54) is 0 Å². The third-order valence-corrected chi connectivity index (χ3v) is 3.46. The Hall–Kier alpha value is -1.50. The van der Waals surface area contributed by atoms with Crippen molar-refractivity contribution in [3.63, 3.8) is 0 Å². The lowest BCUT2D eigenvalue weighted by molar-refractivity contribution is 0.479. The van der Waals surface area contributed by atoms with E-state index in [2.05, 4.69) is 22.0 Å². The summed E-state index contributed by atoms with van der Waals surface area (Å²) in [5, 5.41) is 9.49. The summed E-state index contributed by atoms with van der Waals surface area (Å²) in [7, 11) is 0. The Bertz CT molecular complexity index is 634. The predicted octanol–water partition coefficient (Wildman–Crippen LogP) is 5.07. The summed E-state index contributed by atoms with van der Waals surface area (Å²) < 4.78 is 6.47. The van der Waals surface area contributed by atoms with Crippen molar-refractivity contribution in [2.24, 2.45) is 0 Å². The summed E-state index contributed by atoms with van der Waals surface area (Å²) in [6.07, 6.45) is 0. The molecule has 0 saturated heterocycles. The van der Waals surface area contributed by atoms with Crippen LogP contribution in [-0.4, -0.2) is 0 Å². The standard InChI is InChI=1S/C14H9BrClNO/c1-9-6-11(3-4-13(9)16)18-14-5-2-10(8-17)7-12(14)15/h2-7H,1H3. The average Bonchev–Trinajstić information content (AvgIpc) is 2.36. The maximum absolute atomic E-state index is 8.78. The number of nitrogens with zero attached hydrogens (tertiary/aromatic N) is 1. The number of aryl methyl sites for hydroxylation is 1. The maximum atomic E-state index is 8.78. The zero-order valence-corrected chi connectivity index (χ0v) is 11.9. The van der Waals surface area contributed by atoms with Gasteiger partial charge in [-0.3, -0.25) is 0 Å². The van der Waals surface area contributed by atoms with Crippen LogP contribution in [0.1, 0.15) is 11.1 Å². The summed E-state index contributed by atoms with van der Waals surface area (Å²) >= 11 is 9.33. The first-order chi connectivity index (χ1) is 8.60. The van der Waals surface area contributed by atoms with E-state index >= 15 is 0 Å². The third-order valence-electron chi connectivity index (χ3n) is 2.42. The summed E-state index contributed by atoms with van der Waals surface area (Å²) in [6.45, 7) is 1.92. The number of hydrogen-bond donors (Lipinski definition) is 0. The van der Waals surface area contributed by atoms with Crippen LogP contribution < -0.4 is 4.74 Å². The van der Waals surface area contributed by atoms with E-state index in [4.69, 9.17) is 21.6 Å². The molecule has 2 nitrogen and oxygen atoms in total. The van der Waals surface area contributed by atoms with E-state index in [1.807, 2.05) is 13.0 Å². The number of hydrogen-bond acceptors (Lipinski definition) is 2. The number of benzene rings is 2. The Kier molecular flexibility index (Phi) is 3.90. The van der Waals surface area contributed by atoms with Gasteiger partial charge in [-0.25, -0.2) is 0 Å². The van der Waals surface area contributed by atoms with Crippen LogP contribution in [0.3, 0.4) is 0 Å². The van der Waals surface area contributed by atoms with Gasteiger partial charge in [0.05, 0.1) is 16.1 Å². The molecule has 0 saturated carbocycles. The van der Waals surface area contributed by atoms with E-state index in [-0.39, 0.29) is 0 Å². The van der Waals surface area contributed by atoms with Gasteiger partial charge in [-0.05, 0) is 64.8 Å². The van der Waals surface area contributed by atoms with Gasteiger partial charge < -0.3 is 4.74 Å². The summed E-state index contributed by atoms with van der Waals surface area (Å²) in [5.41, 5.74) is 1.54. The highest BCUT2D eigenvalue weighted by atomic mass is 79.9. The smallest absolute Gasteiger partial charge is 0.141 e. The topological polar surface area (TPSA) is 33.0 Å². The molecule has 0 bridgehead atoms. The number of nitriles is 1. The van der Waals surface area contributed by atoms with Gasteiger partial charge in [-0.2, -0.15) is 5.26 Å². The minimum absolute atomic E-state index is 0.585. The van der Waals surface area contributed by atoms with Crippen molar-refractivity contribution in [1.29, 1.82) is 5.26 Å². The van der Waals surface area contributed by atoms with Crippen molar-refractivity contribution in [1.82, 2.24) is 0 Å². The van der Waals surface area contributed by atoms with Crippen molar-refractivity contribution in [2.45, 2.75) is 6.92 Å². The molecule has 4 heteroatoms. The summed E-state index contributed by atoms with van der Waals surface area (Å²) in [5.74, 6) is 1.37. The molecule has 0 N–H and O–H groups in total. The molecule has 0 aliphatic carbocycles. The molecule has 0 spiro atoms. The second-order valence-electron chi connectivity index (χ2n) is 3.77. The monoisotopic (exact) mass is 321 g/mol. The van der Waals surface area contributed by atoms with Crippen molar-refractivity contribution < 1.29 is 4.74 Å². The second kappa shape index (κ2) is 5.43. The van der Waals surface area contributed by atoms with Gasteiger partial charge in [0.25, 0.3) is 0 Å². The lowest BCUT2D eigenvalue weighted by Crippen LogP contribution is -1.87. The van der Waals surface area contributed by atoms with Crippen LogP contribution in [0.4, 0.5) is 0 Å². The maximum Gasteiger partial charge on any atom is 0.141 e. The molecule has 0 aliphatic heterocycles. The molecule has 0 radical (unpaired) electrons. The zero-order chi connectivity index (χ0) is 13.1. The van der Waals surface area contributed by atoms with E-state index in [0.717, 1.165) is 10.0 Å². The normalized spacial score (nSPS) is 9.89. The molecule has 18 heavy (non-hydrogen) atoms. The van der Waals surface area contributed by atoms with Crippen molar-refractivity contribution in [3.8, 4) is 17.6 Å². The van der Waals surface area contributed by atoms with E-state index in [0.29, 0.717) is 22.1 Å². The van der Waals surface area contributed by atoms with Gasteiger partial charge in [-0.1, -0.05) is 11.6 Å². The van der Waals surface area contributed by atoms with Crippen LogP contribution in [0.5, 0.6) is 11.5 Å². The molecule has 90 valence electrons. The third kappa shape index (κ3) is 2.84. The van der Waals surface area contributed by atoms with Crippen LogP contribution in [0.15, 0.2) is 40.9 Å². The van der Waals surface area contributed by atoms with Gasteiger partial charge in [0.15, 0.2) is 0 Å². The molecule has 0 aromatic heterocycles. The van der Waals surface area contributed by atoms with Crippen molar-refractivity contribution in [3.05, 3.63) is 57.0 Å². The van der Waals surface area contributed by atoms with Gasteiger partial charge in [0.2, 0.25) is 0 Å². The lowest BCUT2D eigenvalue weighted by atomic mass is 10.2. The number of rotatable bonds is 2. The van der Waals surface area contributed by atoms with Gasteiger partial charge in [0.1, 0.15) is 11.5 Å². The zero-order valence-electron chi connectivity index (χ0n) is 9.58. The fraction of sp³-hybridized carbons (Fsp3) is 0.0714. The van der Waals surface area contributed by atoms with Crippen LogP contribution >= 0.6 is 27.5 Å². The average molecular weight is 323 g/mol. The fourth-order valence-corrected chi connectivity index (χ4v) is 2.04. The first-order valence-corrected chi connectivity index (χ1v) is 6.41. The van der Waals surface area contributed by atoms with Crippen LogP contribution in [0.25, 0.3) is 0 Å². The Balaban J connectivity index is 2.29. The Morgan fingerprint density at radius 1 is 1.22 bits per heavy atom. The summed E-state index contributed by atoms with van der Waals surface area (Å²) in [4.78, 5) is 0. The van der Waals surface area contributed by atoms with Crippen molar-refractivity contribution in [2.75, 3.05) is 0 Å². The Morgan fingerprint density at radius 2 is 2.00 bits per heavy atom. The minimum Gasteiger partial charge on any atom is -0.456 e. The second-order valence-corrected chi connectivity index (χ2v) is 5.03. The van der Waals surface area contributed by atoms with Crippen molar-refractivity contribution >= 4 is 27.5 Å². The predicted molar refractivity (Wildman–Crippen MR) is 75.1 cm³/mol. The highest BCUT2D eigenvalue weighted by Gasteiger charge is 2.05. The first kappa shape index (κ1) is 12.9. The van der Waals surface area contributed by atoms with Crippen LogP contribution in [-0.2, 0) is 0 Å². The molecule has 0 amide bonds. The molecule has 2 aromatic rings. The highest BCUT2D eigenvalue weighted by Crippen LogP contribution is 2.31. The van der Waals surface area contributed by atoms with Gasteiger partial charge in [-0.15, -0.1) is 0 Å². The molecule has 2 rings (SSSR count). The highest BCUT2D eigenvalue weighted by molar-refractivity contribution is 9.10. The number of halogens is 2. The Labute approximate surface area is 119 Å². The van der Waals surface area contributed by atoms with E-state index < -0.39 is 0 Å². The molecule has 0 heterocycles. The molecule has 0 atom stereocenters. The van der Waals surface area contributed by atoms with E-state index in [9.17, 15) is 0 Å². The largest absolute Gasteiger partial charge is 0.456 e. The Morgan fingerprint density at radius 3 is 2.61 bits per heavy atom. The summed E-state index contributed by atoms with van der Waals surface area (Å²) in [6, 6.07) is 12.7. The number of ether oxygens (including phenoxy) is 1. The minimum atomic E-state index is 0.585. The molecule has 0 unspecified atom stereocenters. The lowest BCUT2D eigenvalue weighted by Gasteiger charge is -2.09. The first-order valence-electron chi connectivity index (χ1n) is 5.24. The molecule has 0 fully saturated rings. The van der Waals surface area contributed by atoms with E-state index in [1.54, 1.807) is 30.3 Å². The molecule has 2 aromatic carbocycles. The fourth-order valence-electron chi connectivity index (χ4n) is 1.46. The van der Waals surface area contributed by atoms with Gasteiger partial charge in [0, 0.05) is 5.02 Å².